The summed E-state index contributed by atoms with van der Waals surface area (Å²) in [6.07, 6.45) is 0.186. The fourth-order valence-electron chi connectivity index (χ4n) is 1.11. The van der Waals surface area contributed by atoms with Crippen LogP contribution in [0.3, 0.4) is 0 Å². The van der Waals surface area contributed by atoms with Gasteiger partial charge in [0, 0.05) is 5.56 Å². The first-order chi connectivity index (χ1) is 6.57. The number of likely N-dealkylation sites (N-methyl/N-ethyl adjacent to an activating group) is 1. The zero-order chi connectivity index (χ0) is 10.7. The molecule has 0 fully saturated rings. The molecule has 0 saturated carbocycles. The molecule has 0 spiro atoms. The van der Waals surface area contributed by atoms with Gasteiger partial charge < -0.3 is 10.4 Å². The van der Waals surface area contributed by atoms with Crippen LogP contribution in [0.25, 0.3) is 0 Å². The Morgan fingerprint density at radius 3 is 2.71 bits per heavy atom. The van der Waals surface area contributed by atoms with Crippen molar-refractivity contribution in [1.29, 1.82) is 0 Å². The van der Waals surface area contributed by atoms with E-state index in [9.17, 15) is 13.9 Å². The average molecular weight is 222 g/mol. The molecule has 2 nitrogen and oxygen atoms in total. The van der Waals surface area contributed by atoms with Gasteiger partial charge in [0.15, 0.2) is 11.6 Å². The fourth-order valence-corrected chi connectivity index (χ4v) is 1.32. The molecule has 1 rings (SSSR count). The van der Waals surface area contributed by atoms with Gasteiger partial charge in [0.25, 0.3) is 0 Å². The van der Waals surface area contributed by atoms with Gasteiger partial charge in [-0.3, -0.25) is 0 Å². The molecule has 0 aliphatic heterocycles. The Kier molecular flexibility index (Phi) is 3.66. The third kappa shape index (κ3) is 2.13. The Balaban J connectivity index is 3.11. The molecule has 1 aromatic carbocycles. The Labute approximate surface area is 85.5 Å². The van der Waals surface area contributed by atoms with E-state index in [-0.39, 0.29) is 22.8 Å². The summed E-state index contributed by atoms with van der Waals surface area (Å²) in [5, 5.41) is 12.0. The highest BCUT2D eigenvalue weighted by Gasteiger charge is 2.16. The molecule has 0 aliphatic carbocycles. The van der Waals surface area contributed by atoms with Gasteiger partial charge in [-0.2, -0.15) is 0 Å². The van der Waals surface area contributed by atoms with Crippen LogP contribution in [0, 0.1) is 11.6 Å². The van der Waals surface area contributed by atoms with Crippen molar-refractivity contribution in [2.45, 2.75) is 6.42 Å². The first-order valence-corrected chi connectivity index (χ1v) is 4.45. The molecule has 5 heteroatoms. The Bertz CT molecular complexity index is 318. The van der Waals surface area contributed by atoms with Crippen LogP contribution >= 0.6 is 11.6 Å². The lowest BCUT2D eigenvalue weighted by atomic mass is 10.1. The molecule has 0 bridgehead atoms. The molecule has 0 heterocycles. The summed E-state index contributed by atoms with van der Waals surface area (Å²) in [4.78, 5) is 0. The van der Waals surface area contributed by atoms with Crippen LogP contribution in [-0.4, -0.2) is 18.7 Å². The van der Waals surface area contributed by atoms with Gasteiger partial charge in [0.2, 0.25) is 0 Å². The average Bonchev–Trinajstić information content (AvgIpc) is 2.15. The number of hydrogen-bond donors (Lipinski definition) is 2. The highest BCUT2D eigenvalue weighted by Crippen LogP contribution is 2.31. The molecule has 0 radical (unpaired) electrons. The highest BCUT2D eigenvalue weighted by molar-refractivity contribution is 6.32. The SMILES string of the molecule is CNCCc1c(O)c(Cl)cc(F)c1F. The summed E-state index contributed by atoms with van der Waals surface area (Å²) < 4.78 is 26.0. The van der Waals surface area contributed by atoms with Crippen molar-refractivity contribution in [1.82, 2.24) is 5.32 Å². The lowest BCUT2D eigenvalue weighted by Crippen LogP contribution is -2.12. The number of nitrogens with one attached hydrogen (secondary N) is 1. The number of phenols is 1. The minimum absolute atomic E-state index is 0.0932. The predicted octanol–water partition coefficient (Wildman–Crippen LogP) is 2.09. The molecule has 0 aliphatic rings. The van der Waals surface area contributed by atoms with Crippen LogP contribution in [-0.2, 0) is 6.42 Å². The van der Waals surface area contributed by atoms with Crippen LogP contribution in [0.15, 0.2) is 6.07 Å². The number of halogens is 3. The maximum Gasteiger partial charge on any atom is 0.165 e. The van der Waals surface area contributed by atoms with Crippen LogP contribution in [0.1, 0.15) is 5.56 Å². The maximum atomic E-state index is 13.1. The summed E-state index contributed by atoms with van der Waals surface area (Å²) >= 11 is 5.49. The van der Waals surface area contributed by atoms with Gasteiger partial charge in [0.05, 0.1) is 5.02 Å². The van der Waals surface area contributed by atoms with E-state index in [0.29, 0.717) is 6.54 Å². The summed E-state index contributed by atoms with van der Waals surface area (Å²) in [5.41, 5.74) is -0.0932. The van der Waals surface area contributed by atoms with E-state index in [1.165, 1.54) is 0 Å². The van der Waals surface area contributed by atoms with Crippen LogP contribution < -0.4 is 5.32 Å². The van der Waals surface area contributed by atoms with Crippen LogP contribution in [0.2, 0.25) is 5.02 Å². The Hall–Kier alpha value is -0.870. The molecular weight excluding hydrogens is 212 g/mol. The van der Waals surface area contributed by atoms with Gasteiger partial charge >= 0.3 is 0 Å². The van der Waals surface area contributed by atoms with E-state index < -0.39 is 11.6 Å². The third-order valence-corrected chi connectivity index (χ3v) is 2.15. The molecule has 0 atom stereocenters. The molecule has 2 N–H and O–H groups in total. The number of rotatable bonds is 3. The van der Waals surface area contributed by atoms with Gasteiger partial charge in [0.1, 0.15) is 5.75 Å². The van der Waals surface area contributed by atoms with Crippen molar-refractivity contribution in [3.63, 3.8) is 0 Å². The van der Waals surface area contributed by atoms with Crippen molar-refractivity contribution >= 4 is 11.6 Å². The molecular formula is C9H10ClF2NO. The van der Waals surface area contributed by atoms with Gasteiger partial charge in [-0.1, -0.05) is 11.6 Å². The summed E-state index contributed by atoms with van der Waals surface area (Å²) in [7, 11) is 1.68. The minimum atomic E-state index is -1.04. The van der Waals surface area contributed by atoms with Crippen molar-refractivity contribution in [3.8, 4) is 5.75 Å². The lowest BCUT2D eigenvalue weighted by Gasteiger charge is -2.07. The van der Waals surface area contributed by atoms with Gasteiger partial charge in [-0.15, -0.1) is 0 Å². The van der Waals surface area contributed by atoms with E-state index in [2.05, 4.69) is 5.32 Å². The fraction of sp³-hybridized carbons (Fsp3) is 0.333. The number of aromatic hydroxyl groups is 1. The smallest absolute Gasteiger partial charge is 0.165 e. The second kappa shape index (κ2) is 4.57. The van der Waals surface area contributed by atoms with E-state index in [1.807, 2.05) is 0 Å². The molecule has 0 saturated heterocycles. The molecule has 0 unspecified atom stereocenters. The Morgan fingerprint density at radius 2 is 2.14 bits per heavy atom. The van der Waals surface area contributed by atoms with E-state index in [1.54, 1.807) is 7.05 Å². The van der Waals surface area contributed by atoms with E-state index in [0.717, 1.165) is 6.07 Å². The second-order valence-corrected chi connectivity index (χ2v) is 3.24. The zero-order valence-corrected chi connectivity index (χ0v) is 8.33. The number of phenolic OH excluding ortho intramolecular Hbond substituents is 1. The molecule has 0 aromatic heterocycles. The van der Waals surface area contributed by atoms with Crippen molar-refractivity contribution in [2.75, 3.05) is 13.6 Å². The van der Waals surface area contributed by atoms with Crippen LogP contribution in [0.5, 0.6) is 5.75 Å². The summed E-state index contributed by atoms with van der Waals surface area (Å²) in [6, 6.07) is 0.759. The normalized spacial score (nSPS) is 10.6. The first-order valence-electron chi connectivity index (χ1n) is 4.08. The molecule has 78 valence electrons. The molecule has 0 amide bonds. The quantitative estimate of drug-likeness (QED) is 0.766. The summed E-state index contributed by atoms with van der Waals surface area (Å²) in [5.74, 6) is -2.47. The van der Waals surface area contributed by atoms with Gasteiger partial charge in [-0.25, -0.2) is 8.78 Å². The van der Waals surface area contributed by atoms with E-state index in [4.69, 9.17) is 11.6 Å². The molecule has 1 aromatic rings. The predicted molar refractivity (Wildman–Crippen MR) is 50.7 cm³/mol. The highest BCUT2D eigenvalue weighted by atomic mass is 35.5. The minimum Gasteiger partial charge on any atom is -0.506 e. The van der Waals surface area contributed by atoms with Crippen LogP contribution in [0.4, 0.5) is 8.78 Å². The topological polar surface area (TPSA) is 32.3 Å². The van der Waals surface area contributed by atoms with E-state index >= 15 is 0 Å². The number of benzene rings is 1. The zero-order valence-electron chi connectivity index (χ0n) is 7.57. The Morgan fingerprint density at radius 1 is 1.50 bits per heavy atom. The first kappa shape index (κ1) is 11.2. The molecule has 14 heavy (non-hydrogen) atoms. The summed E-state index contributed by atoms with van der Waals surface area (Å²) in [6.45, 7) is 0.435. The van der Waals surface area contributed by atoms with Crippen molar-refractivity contribution in [3.05, 3.63) is 28.3 Å². The van der Waals surface area contributed by atoms with Crippen molar-refractivity contribution in [2.24, 2.45) is 0 Å². The number of hydrogen-bond acceptors (Lipinski definition) is 2. The van der Waals surface area contributed by atoms with Gasteiger partial charge in [-0.05, 0) is 26.1 Å². The third-order valence-electron chi connectivity index (χ3n) is 1.87. The second-order valence-electron chi connectivity index (χ2n) is 2.83. The standard InChI is InChI=1S/C9H10ClF2NO/c1-13-3-2-5-8(12)7(11)4-6(10)9(5)14/h4,13-14H,2-3H2,1H3. The largest absolute Gasteiger partial charge is 0.506 e. The lowest BCUT2D eigenvalue weighted by molar-refractivity contribution is 0.441. The van der Waals surface area contributed by atoms with Crippen molar-refractivity contribution < 1.29 is 13.9 Å². The monoisotopic (exact) mass is 221 g/mol. The maximum absolute atomic E-state index is 13.1.